The number of rotatable bonds is 3. The highest BCUT2D eigenvalue weighted by Crippen LogP contribution is 2.32. The Morgan fingerprint density at radius 1 is 1.41 bits per heavy atom. The molecule has 0 atom stereocenters. The molecule has 1 heterocycles. The maximum atomic E-state index is 12.6. The number of pyridine rings is 1. The van der Waals surface area contributed by atoms with Crippen molar-refractivity contribution >= 4 is 0 Å². The molecule has 1 aromatic heterocycles. The number of hydrogen-bond donors (Lipinski definition) is 1. The molecule has 0 radical (unpaired) electrons. The first-order valence-electron chi connectivity index (χ1n) is 4.49. The van der Waals surface area contributed by atoms with Crippen LogP contribution in [0.1, 0.15) is 23.4 Å². The van der Waals surface area contributed by atoms with Gasteiger partial charge in [-0.25, -0.2) is 8.78 Å². The van der Waals surface area contributed by atoms with Crippen molar-refractivity contribution in [2.24, 2.45) is 5.73 Å². The highest BCUT2D eigenvalue weighted by Gasteiger charge is 2.33. The van der Waals surface area contributed by atoms with Crippen LogP contribution in [-0.4, -0.2) is 11.3 Å². The molecule has 1 aromatic rings. The maximum Gasteiger partial charge on any atom is 0.573 e. The zero-order chi connectivity index (χ0) is 13.2. The first-order valence-corrected chi connectivity index (χ1v) is 4.49. The van der Waals surface area contributed by atoms with E-state index in [2.05, 4.69) is 9.72 Å². The molecule has 0 aliphatic heterocycles. The Hall–Kier alpha value is -1.44. The van der Waals surface area contributed by atoms with Gasteiger partial charge in [0.15, 0.2) is 0 Å². The average Bonchev–Trinajstić information content (AvgIpc) is 2.14. The largest absolute Gasteiger partial charge is 0.573 e. The van der Waals surface area contributed by atoms with Gasteiger partial charge in [-0.2, -0.15) is 0 Å². The summed E-state index contributed by atoms with van der Waals surface area (Å²) in [5.41, 5.74) is 3.91. The lowest BCUT2D eigenvalue weighted by Crippen LogP contribution is -2.20. The Bertz CT molecular complexity index is 405. The summed E-state index contributed by atoms with van der Waals surface area (Å²) in [6.45, 7) is 0.772. The molecule has 0 saturated heterocycles. The van der Waals surface area contributed by atoms with Crippen LogP contribution in [0.4, 0.5) is 22.0 Å². The minimum absolute atomic E-state index is 0.00301. The molecule has 17 heavy (non-hydrogen) atoms. The van der Waals surface area contributed by atoms with Crippen molar-refractivity contribution in [2.75, 3.05) is 0 Å². The predicted molar refractivity (Wildman–Crippen MR) is 48.5 cm³/mol. The van der Waals surface area contributed by atoms with Gasteiger partial charge in [0.1, 0.15) is 11.4 Å². The minimum atomic E-state index is -4.96. The van der Waals surface area contributed by atoms with Crippen LogP contribution in [-0.2, 0) is 6.54 Å². The van der Waals surface area contributed by atoms with Gasteiger partial charge >= 0.3 is 6.36 Å². The average molecular weight is 256 g/mol. The van der Waals surface area contributed by atoms with Crippen LogP contribution in [0.2, 0.25) is 0 Å². The molecule has 0 aliphatic rings. The highest BCUT2D eigenvalue weighted by atomic mass is 19.4. The van der Waals surface area contributed by atoms with E-state index < -0.39 is 36.3 Å². The van der Waals surface area contributed by atoms with Crippen molar-refractivity contribution in [3.8, 4) is 5.75 Å². The van der Waals surface area contributed by atoms with Gasteiger partial charge < -0.3 is 10.5 Å². The van der Waals surface area contributed by atoms with Crippen molar-refractivity contribution < 1.29 is 26.7 Å². The van der Waals surface area contributed by atoms with E-state index in [9.17, 15) is 22.0 Å². The van der Waals surface area contributed by atoms with Gasteiger partial charge in [0.05, 0.1) is 0 Å². The standard InChI is InChI=1S/C9H9F5N2O/c1-4-2-6(17-9(12,13)14)5(3-15)7(16-4)8(10)11/h2,8H,3,15H2,1H3. The lowest BCUT2D eigenvalue weighted by Gasteiger charge is -2.15. The molecule has 2 N–H and O–H groups in total. The maximum absolute atomic E-state index is 12.6. The molecule has 8 heteroatoms. The fourth-order valence-corrected chi connectivity index (χ4v) is 1.29. The second-order valence-electron chi connectivity index (χ2n) is 3.18. The summed E-state index contributed by atoms with van der Waals surface area (Å²) in [6.07, 6.45) is -7.97. The van der Waals surface area contributed by atoms with Crippen molar-refractivity contribution in [1.82, 2.24) is 4.98 Å². The zero-order valence-electron chi connectivity index (χ0n) is 8.68. The third kappa shape index (κ3) is 3.52. The lowest BCUT2D eigenvalue weighted by atomic mass is 10.1. The Balaban J connectivity index is 3.28. The van der Waals surface area contributed by atoms with E-state index in [1.165, 1.54) is 6.92 Å². The van der Waals surface area contributed by atoms with Gasteiger partial charge in [-0.15, -0.1) is 13.2 Å². The number of aryl methyl sites for hydroxylation is 1. The van der Waals surface area contributed by atoms with Crippen molar-refractivity contribution in [3.05, 3.63) is 23.0 Å². The van der Waals surface area contributed by atoms with Crippen LogP contribution in [0, 0.1) is 6.92 Å². The molecule has 0 fully saturated rings. The summed E-state index contributed by atoms with van der Waals surface area (Å²) < 4.78 is 64.9. The van der Waals surface area contributed by atoms with Gasteiger partial charge in [0.25, 0.3) is 6.43 Å². The molecule has 0 amide bonds. The second-order valence-corrected chi connectivity index (χ2v) is 3.18. The number of hydrogen-bond acceptors (Lipinski definition) is 3. The Kier molecular flexibility index (Phi) is 3.87. The summed E-state index contributed by atoms with van der Waals surface area (Å²) in [5.74, 6) is -0.734. The van der Waals surface area contributed by atoms with E-state index in [1.54, 1.807) is 0 Å². The molecule has 1 rings (SSSR count). The number of aromatic nitrogens is 1. The van der Waals surface area contributed by atoms with E-state index in [0.29, 0.717) is 0 Å². The molecular formula is C9H9F5N2O. The highest BCUT2D eigenvalue weighted by molar-refractivity contribution is 5.39. The first-order chi connectivity index (χ1) is 7.74. The summed E-state index contributed by atoms with van der Waals surface area (Å²) in [4.78, 5) is 3.46. The molecule has 0 unspecified atom stereocenters. The number of nitrogens with two attached hydrogens (primary N) is 1. The molecule has 0 saturated carbocycles. The Labute approximate surface area is 93.4 Å². The Morgan fingerprint density at radius 3 is 2.41 bits per heavy atom. The van der Waals surface area contributed by atoms with Crippen LogP contribution in [0.5, 0.6) is 5.75 Å². The van der Waals surface area contributed by atoms with E-state index in [0.717, 1.165) is 6.07 Å². The van der Waals surface area contributed by atoms with E-state index in [4.69, 9.17) is 5.73 Å². The molecule has 0 bridgehead atoms. The monoisotopic (exact) mass is 256 g/mol. The molecule has 96 valence electrons. The smallest absolute Gasteiger partial charge is 0.405 e. The van der Waals surface area contributed by atoms with Crippen LogP contribution in [0.25, 0.3) is 0 Å². The van der Waals surface area contributed by atoms with E-state index >= 15 is 0 Å². The third-order valence-corrected chi connectivity index (χ3v) is 1.88. The van der Waals surface area contributed by atoms with Crippen molar-refractivity contribution in [2.45, 2.75) is 26.3 Å². The SMILES string of the molecule is Cc1cc(OC(F)(F)F)c(CN)c(C(F)F)n1. The van der Waals surface area contributed by atoms with Crippen LogP contribution >= 0.6 is 0 Å². The van der Waals surface area contributed by atoms with Gasteiger partial charge in [0.2, 0.25) is 0 Å². The summed E-state index contributed by atoms with van der Waals surface area (Å²) in [7, 11) is 0. The third-order valence-electron chi connectivity index (χ3n) is 1.88. The number of ether oxygens (including phenoxy) is 1. The molecule has 0 aromatic carbocycles. The lowest BCUT2D eigenvalue weighted by molar-refractivity contribution is -0.275. The predicted octanol–water partition coefficient (Wildman–Crippen LogP) is 2.68. The first kappa shape index (κ1) is 13.6. The van der Waals surface area contributed by atoms with Gasteiger partial charge in [0, 0.05) is 23.9 Å². The van der Waals surface area contributed by atoms with Crippen LogP contribution < -0.4 is 10.5 Å². The van der Waals surface area contributed by atoms with E-state index in [1.807, 2.05) is 0 Å². The van der Waals surface area contributed by atoms with Gasteiger partial charge in [-0.1, -0.05) is 0 Å². The molecule has 0 aliphatic carbocycles. The summed E-state index contributed by atoms with van der Waals surface area (Å²) >= 11 is 0. The number of nitrogens with zero attached hydrogens (tertiary/aromatic N) is 1. The van der Waals surface area contributed by atoms with E-state index in [-0.39, 0.29) is 5.69 Å². The molecule has 3 nitrogen and oxygen atoms in total. The van der Waals surface area contributed by atoms with Gasteiger partial charge in [-0.05, 0) is 6.92 Å². The normalized spacial score (nSPS) is 12.0. The number of alkyl halides is 5. The Morgan fingerprint density at radius 2 is 2.00 bits per heavy atom. The molecule has 0 spiro atoms. The zero-order valence-corrected chi connectivity index (χ0v) is 8.68. The quantitative estimate of drug-likeness (QED) is 0.846. The number of halogens is 5. The fourth-order valence-electron chi connectivity index (χ4n) is 1.29. The van der Waals surface area contributed by atoms with Crippen molar-refractivity contribution in [1.29, 1.82) is 0 Å². The van der Waals surface area contributed by atoms with Crippen LogP contribution in [0.15, 0.2) is 6.07 Å². The summed E-state index contributed by atoms with van der Waals surface area (Å²) in [5, 5.41) is 0. The fraction of sp³-hybridized carbons (Fsp3) is 0.444. The molecular weight excluding hydrogens is 247 g/mol. The topological polar surface area (TPSA) is 48.1 Å². The van der Waals surface area contributed by atoms with Crippen molar-refractivity contribution in [3.63, 3.8) is 0 Å². The van der Waals surface area contributed by atoms with Gasteiger partial charge in [-0.3, -0.25) is 4.98 Å². The summed E-state index contributed by atoms with van der Waals surface area (Å²) in [6, 6.07) is 0.918. The second kappa shape index (κ2) is 4.82. The van der Waals surface area contributed by atoms with Crippen LogP contribution in [0.3, 0.4) is 0 Å². The minimum Gasteiger partial charge on any atom is -0.405 e.